The number of hydrogen-bond acceptors (Lipinski definition) is 4. The van der Waals surface area contributed by atoms with E-state index in [0.29, 0.717) is 24.9 Å². The average molecular weight is 277 g/mol. The number of ether oxygens (including phenoxy) is 1. The molecule has 1 saturated carbocycles. The van der Waals surface area contributed by atoms with Crippen LogP contribution in [0, 0.1) is 6.92 Å². The van der Waals surface area contributed by atoms with Crippen LogP contribution in [0.5, 0.6) is 0 Å². The van der Waals surface area contributed by atoms with Crippen LogP contribution >= 0.6 is 0 Å². The number of hydrogen-bond donors (Lipinski definition) is 2. The Hall–Kier alpha value is -1.59. The smallest absolute Gasteiger partial charge is 0.238 e. The molecule has 0 spiro atoms. The maximum atomic E-state index is 12.1. The molecule has 2 rings (SSSR count). The monoisotopic (exact) mass is 277 g/mol. The predicted octanol–water partition coefficient (Wildman–Crippen LogP) is 1.63. The molecule has 0 unspecified atom stereocenters. The minimum absolute atomic E-state index is 0.00347. The van der Waals surface area contributed by atoms with E-state index in [-0.39, 0.29) is 5.91 Å². The summed E-state index contributed by atoms with van der Waals surface area (Å²) in [5.41, 5.74) is 8.31. The standard InChI is InChI=1S/C15H23N3O2/c1-11-3-4-12(9-14(11)16)17-15(19)10-18(7-8-20-2)13-5-6-13/h3-4,9,13H,5-8,10,16H2,1-2H3,(H,17,19). The molecule has 0 radical (unpaired) electrons. The highest BCUT2D eigenvalue weighted by Gasteiger charge is 2.29. The molecule has 1 amide bonds. The Labute approximate surface area is 120 Å². The number of benzene rings is 1. The molecule has 5 nitrogen and oxygen atoms in total. The SMILES string of the molecule is COCCN(CC(=O)Nc1ccc(C)c(N)c1)C1CC1. The summed E-state index contributed by atoms with van der Waals surface area (Å²) in [6.45, 7) is 3.80. The number of rotatable bonds is 7. The van der Waals surface area contributed by atoms with Crippen LogP contribution in [0.15, 0.2) is 18.2 Å². The van der Waals surface area contributed by atoms with Gasteiger partial charge in [0.05, 0.1) is 13.2 Å². The van der Waals surface area contributed by atoms with E-state index < -0.39 is 0 Å². The molecule has 1 aliphatic rings. The second-order valence-electron chi connectivity index (χ2n) is 5.31. The summed E-state index contributed by atoms with van der Waals surface area (Å²) in [5, 5.41) is 2.90. The van der Waals surface area contributed by atoms with Crippen molar-refractivity contribution in [3.8, 4) is 0 Å². The van der Waals surface area contributed by atoms with E-state index in [1.54, 1.807) is 13.2 Å². The zero-order valence-corrected chi connectivity index (χ0v) is 12.2. The first kappa shape index (κ1) is 14.8. The summed E-state index contributed by atoms with van der Waals surface area (Å²) in [4.78, 5) is 14.3. The molecule has 1 fully saturated rings. The molecule has 0 heterocycles. The minimum atomic E-state index is -0.00347. The van der Waals surface area contributed by atoms with Crippen LogP contribution in [-0.2, 0) is 9.53 Å². The highest BCUT2D eigenvalue weighted by molar-refractivity contribution is 5.92. The fraction of sp³-hybridized carbons (Fsp3) is 0.533. The Kier molecular flexibility index (Phi) is 4.98. The third-order valence-corrected chi connectivity index (χ3v) is 3.56. The Balaban J connectivity index is 1.88. The average Bonchev–Trinajstić information content (AvgIpc) is 3.23. The number of nitrogens with two attached hydrogens (primary N) is 1. The lowest BCUT2D eigenvalue weighted by atomic mass is 10.2. The molecule has 110 valence electrons. The molecule has 0 atom stereocenters. The van der Waals surface area contributed by atoms with Crippen molar-refractivity contribution in [3.05, 3.63) is 23.8 Å². The van der Waals surface area contributed by atoms with Crippen molar-refractivity contribution < 1.29 is 9.53 Å². The van der Waals surface area contributed by atoms with E-state index in [0.717, 1.165) is 17.8 Å². The molecule has 0 aliphatic heterocycles. The van der Waals surface area contributed by atoms with Crippen molar-refractivity contribution in [1.29, 1.82) is 0 Å². The third-order valence-electron chi connectivity index (χ3n) is 3.56. The molecule has 0 saturated heterocycles. The number of anilines is 2. The van der Waals surface area contributed by atoms with Gasteiger partial charge in [-0.2, -0.15) is 0 Å². The van der Waals surface area contributed by atoms with Crippen molar-refractivity contribution >= 4 is 17.3 Å². The Morgan fingerprint density at radius 2 is 2.25 bits per heavy atom. The van der Waals surface area contributed by atoms with Gasteiger partial charge >= 0.3 is 0 Å². The molecule has 5 heteroatoms. The summed E-state index contributed by atoms with van der Waals surface area (Å²) in [6.07, 6.45) is 2.35. The lowest BCUT2D eigenvalue weighted by Crippen LogP contribution is -2.37. The number of amides is 1. The van der Waals surface area contributed by atoms with E-state index in [4.69, 9.17) is 10.5 Å². The molecule has 1 aliphatic carbocycles. The van der Waals surface area contributed by atoms with Gasteiger partial charge in [-0.3, -0.25) is 9.69 Å². The first-order valence-electron chi connectivity index (χ1n) is 6.99. The molecule has 1 aromatic carbocycles. The number of aryl methyl sites for hydroxylation is 1. The number of carbonyl (C=O) groups is 1. The van der Waals surface area contributed by atoms with E-state index in [9.17, 15) is 4.79 Å². The summed E-state index contributed by atoms with van der Waals surface area (Å²) < 4.78 is 5.09. The van der Waals surface area contributed by atoms with Crippen molar-refractivity contribution in [3.63, 3.8) is 0 Å². The van der Waals surface area contributed by atoms with Gasteiger partial charge in [0.2, 0.25) is 5.91 Å². The van der Waals surface area contributed by atoms with Crippen LogP contribution in [0.4, 0.5) is 11.4 Å². The van der Waals surface area contributed by atoms with Gasteiger partial charge in [0, 0.05) is 31.1 Å². The van der Waals surface area contributed by atoms with Crippen molar-refractivity contribution in [1.82, 2.24) is 4.90 Å². The number of nitrogens with one attached hydrogen (secondary N) is 1. The van der Waals surface area contributed by atoms with E-state index in [1.807, 2.05) is 19.1 Å². The molecule has 0 bridgehead atoms. The number of methoxy groups -OCH3 is 1. The Bertz CT molecular complexity index is 472. The minimum Gasteiger partial charge on any atom is -0.398 e. The highest BCUT2D eigenvalue weighted by Crippen LogP contribution is 2.26. The summed E-state index contributed by atoms with van der Waals surface area (Å²) in [7, 11) is 1.68. The molecular weight excluding hydrogens is 254 g/mol. The normalized spacial score (nSPS) is 14.6. The van der Waals surface area contributed by atoms with E-state index >= 15 is 0 Å². The number of carbonyl (C=O) groups excluding carboxylic acids is 1. The summed E-state index contributed by atoms with van der Waals surface area (Å²) >= 11 is 0. The van der Waals surface area contributed by atoms with Gasteiger partial charge in [-0.25, -0.2) is 0 Å². The third kappa shape index (κ3) is 4.21. The zero-order chi connectivity index (χ0) is 14.5. The van der Waals surface area contributed by atoms with Crippen molar-refractivity contribution in [2.45, 2.75) is 25.8 Å². The number of nitrogen functional groups attached to an aromatic ring is 1. The van der Waals surface area contributed by atoms with Crippen LogP contribution in [0.2, 0.25) is 0 Å². The Morgan fingerprint density at radius 3 is 2.85 bits per heavy atom. The topological polar surface area (TPSA) is 67.6 Å². The molecule has 3 N–H and O–H groups in total. The van der Waals surface area contributed by atoms with E-state index in [1.165, 1.54) is 12.8 Å². The van der Waals surface area contributed by atoms with Gasteiger partial charge in [0.1, 0.15) is 0 Å². The van der Waals surface area contributed by atoms with Crippen LogP contribution in [0.1, 0.15) is 18.4 Å². The second-order valence-corrected chi connectivity index (χ2v) is 5.31. The van der Waals surface area contributed by atoms with E-state index in [2.05, 4.69) is 10.2 Å². The van der Waals surface area contributed by atoms with Crippen LogP contribution in [-0.4, -0.2) is 43.7 Å². The fourth-order valence-electron chi connectivity index (χ4n) is 2.14. The highest BCUT2D eigenvalue weighted by atomic mass is 16.5. The molecule has 20 heavy (non-hydrogen) atoms. The zero-order valence-electron chi connectivity index (χ0n) is 12.2. The fourth-order valence-corrected chi connectivity index (χ4v) is 2.14. The van der Waals surface area contributed by atoms with Gasteiger partial charge in [-0.1, -0.05) is 6.07 Å². The summed E-state index contributed by atoms with van der Waals surface area (Å²) in [5.74, 6) is -0.00347. The van der Waals surface area contributed by atoms with Crippen LogP contribution in [0.3, 0.4) is 0 Å². The maximum absolute atomic E-state index is 12.1. The Morgan fingerprint density at radius 1 is 1.50 bits per heavy atom. The maximum Gasteiger partial charge on any atom is 0.238 e. The summed E-state index contributed by atoms with van der Waals surface area (Å²) in [6, 6.07) is 6.12. The van der Waals surface area contributed by atoms with Crippen LogP contribution in [0.25, 0.3) is 0 Å². The first-order valence-corrected chi connectivity index (χ1v) is 6.99. The lowest BCUT2D eigenvalue weighted by Gasteiger charge is -2.20. The van der Waals surface area contributed by atoms with Crippen molar-refractivity contribution in [2.24, 2.45) is 0 Å². The lowest BCUT2D eigenvalue weighted by molar-refractivity contribution is -0.117. The molecular formula is C15H23N3O2. The molecule has 0 aromatic heterocycles. The van der Waals surface area contributed by atoms with Gasteiger partial charge in [0.15, 0.2) is 0 Å². The predicted molar refractivity (Wildman–Crippen MR) is 80.7 cm³/mol. The van der Waals surface area contributed by atoms with Gasteiger partial charge in [-0.15, -0.1) is 0 Å². The number of nitrogens with zero attached hydrogens (tertiary/aromatic N) is 1. The van der Waals surface area contributed by atoms with Crippen molar-refractivity contribution in [2.75, 3.05) is 37.9 Å². The quantitative estimate of drug-likeness (QED) is 0.743. The van der Waals surface area contributed by atoms with Crippen LogP contribution < -0.4 is 11.1 Å². The van der Waals surface area contributed by atoms with Gasteiger partial charge < -0.3 is 15.8 Å². The van der Waals surface area contributed by atoms with Gasteiger partial charge in [0.25, 0.3) is 0 Å². The second kappa shape index (κ2) is 6.72. The first-order chi connectivity index (χ1) is 9.60. The largest absolute Gasteiger partial charge is 0.398 e. The molecule has 1 aromatic rings. The van der Waals surface area contributed by atoms with Gasteiger partial charge in [-0.05, 0) is 37.5 Å².